The number of allylic oxidation sites excluding steroid dienone is 2. The number of ether oxygens (including phenoxy) is 1. The van der Waals surface area contributed by atoms with Gasteiger partial charge in [-0.2, -0.15) is 15.8 Å². The fourth-order valence-electron chi connectivity index (χ4n) is 1.14. The van der Waals surface area contributed by atoms with Crippen molar-refractivity contribution in [2.24, 2.45) is 0 Å². The summed E-state index contributed by atoms with van der Waals surface area (Å²) in [6, 6.07) is 8.61. The summed E-state index contributed by atoms with van der Waals surface area (Å²) in [6.45, 7) is 0. The fourth-order valence-corrected chi connectivity index (χ4v) is 1.14. The van der Waals surface area contributed by atoms with Crippen molar-refractivity contribution in [2.45, 2.75) is 0 Å². The Labute approximate surface area is 103 Å². The van der Waals surface area contributed by atoms with Crippen molar-refractivity contribution >= 4 is 5.69 Å². The molecular formula is C12H7FN4O. The van der Waals surface area contributed by atoms with Crippen molar-refractivity contribution in [1.29, 1.82) is 15.8 Å². The molecule has 88 valence electrons. The minimum Gasteiger partial charge on any atom is -0.497 e. The molecule has 6 heteroatoms. The number of nitrogens with one attached hydrogen (secondary N) is 1. The molecule has 1 aromatic carbocycles. The van der Waals surface area contributed by atoms with E-state index in [1.165, 1.54) is 19.2 Å². The molecule has 1 aromatic rings. The van der Waals surface area contributed by atoms with Crippen LogP contribution in [-0.2, 0) is 0 Å². The van der Waals surface area contributed by atoms with Crippen LogP contribution in [0.2, 0.25) is 0 Å². The van der Waals surface area contributed by atoms with E-state index in [1.54, 1.807) is 18.2 Å². The molecular weight excluding hydrogens is 235 g/mol. The van der Waals surface area contributed by atoms with Crippen LogP contribution >= 0.6 is 0 Å². The van der Waals surface area contributed by atoms with Crippen molar-refractivity contribution in [3.05, 3.63) is 35.3 Å². The Balaban J connectivity index is 3.20. The minimum atomic E-state index is -0.626. The average molecular weight is 242 g/mol. The maximum atomic E-state index is 13.5. The molecule has 0 saturated heterocycles. The first-order chi connectivity index (χ1) is 8.65. The minimum absolute atomic E-state index is 0.0473. The second-order valence-corrected chi connectivity index (χ2v) is 3.06. The molecule has 0 aliphatic carbocycles. The van der Waals surface area contributed by atoms with Crippen LogP contribution in [0.5, 0.6) is 5.75 Å². The first kappa shape index (κ1) is 13.0. The van der Waals surface area contributed by atoms with Gasteiger partial charge < -0.3 is 10.1 Å². The van der Waals surface area contributed by atoms with E-state index < -0.39 is 11.4 Å². The number of nitriles is 3. The van der Waals surface area contributed by atoms with Gasteiger partial charge in [0.05, 0.1) is 12.8 Å². The summed E-state index contributed by atoms with van der Waals surface area (Å²) in [5.41, 5.74) is -0.777. The first-order valence-corrected chi connectivity index (χ1v) is 4.71. The predicted octanol–water partition coefficient (Wildman–Crippen LogP) is 2.07. The lowest BCUT2D eigenvalue weighted by molar-refractivity contribution is 0.414. The zero-order valence-corrected chi connectivity index (χ0v) is 9.36. The largest absolute Gasteiger partial charge is 0.497 e. The van der Waals surface area contributed by atoms with Gasteiger partial charge in [0.15, 0.2) is 5.57 Å². The summed E-state index contributed by atoms with van der Waals surface area (Å²) in [7, 11) is 1.41. The van der Waals surface area contributed by atoms with E-state index >= 15 is 0 Å². The first-order valence-electron chi connectivity index (χ1n) is 4.71. The molecule has 0 unspecified atom stereocenters. The quantitative estimate of drug-likeness (QED) is 0.819. The number of nitrogens with zero attached hydrogens (tertiary/aromatic N) is 3. The van der Waals surface area contributed by atoms with Crippen LogP contribution in [0.1, 0.15) is 0 Å². The van der Waals surface area contributed by atoms with Gasteiger partial charge in [0.1, 0.15) is 35.5 Å². The molecule has 0 amide bonds. The number of anilines is 1. The molecule has 0 radical (unpaired) electrons. The van der Waals surface area contributed by atoms with Gasteiger partial charge >= 0.3 is 0 Å². The number of benzene rings is 1. The summed E-state index contributed by atoms with van der Waals surface area (Å²) in [6.07, 6.45) is 0. The maximum Gasteiger partial charge on any atom is 0.163 e. The van der Waals surface area contributed by atoms with Crippen molar-refractivity contribution in [3.63, 3.8) is 0 Å². The highest BCUT2D eigenvalue weighted by atomic mass is 19.1. The van der Waals surface area contributed by atoms with Crippen molar-refractivity contribution in [2.75, 3.05) is 12.4 Å². The Bertz CT molecular complexity index is 600. The molecule has 18 heavy (non-hydrogen) atoms. The lowest BCUT2D eigenvalue weighted by Crippen LogP contribution is -2.02. The number of rotatable bonds is 3. The SMILES string of the molecule is COc1ccc(F)c(NC(C#N)=C(C#N)C#N)c1. The van der Waals surface area contributed by atoms with Crippen LogP contribution in [0.25, 0.3) is 0 Å². The highest BCUT2D eigenvalue weighted by molar-refractivity contribution is 5.60. The van der Waals surface area contributed by atoms with Crippen LogP contribution in [0.3, 0.4) is 0 Å². The topological polar surface area (TPSA) is 92.6 Å². The standard InChI is InChI=1S/C12H7FN4O/c1-18-9-2-3-10(13)11(4-9)17-12(7-16)8(5-14)6-15/h2-4,17H,1H3. The van der Waals surface area contributed by atoms with Gasteiger partial charge in [-0.1, -0.05) is 0 Å². The van der Waals surface area contributed by atoms with Crippen LogP contribution < -0.4 is 10.1 Å². The lowest BCUT2D eigenvalue weighted by Gasteiger charge is -2.07. The maximum absolute atomic E-state index is 13.5. The van der Waals surface area contributed by atoms with Crippen LogP contribution in [0, 0.1) is 39.8 Å². The third kappa shape index (κ3) is 2.75. The summed E-state index contributed by atoms with van der Waals surface area (Å²) in [5, 5.41) is 28.5. The van der Waals surface area contributed by atoms with E-state index in [-0.39, 0.29) is 11.4 Å². The summed E-state index contributed by atoms with van der Waals surface area (Å²) < 4.78 is 18.4. The zero-order valence-electron chi connectivity index (χ0n) is 9.36. The third-order valence-corrected chi connectivity index (χ3v) is 2.02. The molecule has 0 atom stereocenters. The highest BCUT2D eigenvalue weighted by Crippen LogP contribution is 2.22. The molecule has 0 saturated carbocycles. The Morgan fingerprint density at radius 1 is 1.22 bits per heavy atom. The van der Waals surface area contributed by atoms with E-state index in [2.05, 4.69) is 5.32 Å². The van der Waals surface area contributed by atoms with E-state index in [4.69, 9.17) is 20.5 Å². The van der Waals surface area contributed by atoms with E-state index in [9.17, 15) is 4.39 Å². The Morgan fingerprint density at radius 2 is 1.89 bits per heavy atom. The van der Waals surface area contributed by atoms with E-state index in [0.29, 0.717) is 5.75 Å². The van der Waals surface area contributed by atoms with Gasteiger partial charge in [-0.3, -0.25) is 0 Å². The molecule has 0 aliphatic rings. The molecule has 0 fully saturated rings. The van der Waals surface area contributed by atoms with Gasteiger partial charge in [0.25, 0.3) is 0 Å². The van der Waals surface area contributed by atoms with Gasteiger partial charge in [0.2, 0.25) is 0 Å². The fraction of sp³-hybridized carbons (Fsp3) is 0.0833. The second kappa shape index (κ2) is 5.89. The lowest BCUT2D eigenvalue weighted by atomic mass is 10.2. The molecule has 5 nitrogen and oxygen atoms in total. The van der Waals surface area contributed by atoms with Crippen LogP contribution in [0.15, 0.2) is 29.5 Å². The van der Waals surface area contributed by atoms with Crippen molar-refractivity contribution in [1.82, 2.24) is 0 Å². The van der Waals surface area contributed by atoms with Crippen molar-refractivity contribution < 1.29 is 9.13 Å². The van der Waals surface area contributed by atoms with Gasteiger partial charge in [-0.05, 0) is 12.1 Å². The third-order valence-electron chi connectivity index (χ3n) is 2.02. The summed E-state index contributed by atoms with van der Waals surface area (Å²) >= 11 is 0. The van der Waals surface area contributed by atoms with Gasteiger partial charge in [0, 0.05) is 6.07 Å². The van der Waals surface area contributed by atoms with Crippen LogP contribution in [0.4, 0.5) is 10.1 Å². The molecule has 1 N–H and O–H groups in total. The average Bonchev–Trinajstić information content (AvgIpc) is 2.40. The van der Waals surface area contributed by atoms with E-state index in [1.807, 2.05) is 0 Å². The normalized spacial score (nSPS) is 8.39. The molecule has 0 spiro atoms. The summed E-state index contributed by atoms with van der Waals surface area (Å²) in [4.78, 5) is 0. The zero-order chi connectivity index (χ0) is 13.5. The van der Waals surface area contributed by atoms with Crippen molar-refractivity contribution in [3.8, 4) is 24.0 Å². The second-order valence-electron chi connectivity index (χ2n) is 3.06. The molecule has 1 rings (SSSR count). The highest BCUT2D eigenvalue weighted by Gasteiger charge is 2.10. The Hall–Kier alpha value is -3.04. The van der Waals surface area contributed by atoms with Gasteiger partial charge in [-0.15, -0.1) is 0 Å². The smallest absolute Gasteiger partial charge is 0.163 e. The monoisotopic (exact) mass is 242 g/mol. The molecule has 0 aromatic heterocycles. The number of halogens is 1. The van der Waals surface area contributed by atoms with E-state index in [0.717, 1.165) is 6.07 Å². The molecule has 0 heterocycles. The Morgan fingerprint density at radius 3 is 2.39 bits per heavy atom. The predicted molar refractivity (Wildman–Crippen MR) is 60.4 cm³/mol. The molecule has 0 bridgehead atoms. The Kier molecular flexibility index (Phi) is 4.26. The molecule has 0 aliphatic heterocycles. The summed E-state index contributed by atoms with van der Waals surface area (Å²) in [5.74, 6) is -0.245. The van der Waals surface area contributed by atoms with Gasteiger partial charge in [-0.25, -0.2) is 4.39 Å². The number of methoxy groups -OCH3 is 1. The number of hydrogen-bond acceptors (Lipinski definition) is 5. The van der Waals surface area contributed by atoms with Crippen LogP contribution in [-0.4, -0.2) is 7.11 Å². The number of hydrogen-bond donors (Lipinski definition) is 1.